The van der Waals surface area contributed by atoms with Gasteiger partial charge >= 0.3 is 6.18 Å². The highest BCUT2D eigenvalue weighted by atomic mass is 19.4. The molecule has 2 aromatic carbocycles. The Morgan fingerprint density at radius 1 is 0.850 bits per heavy atom. The molecular weight excluding hydrogens is 277 g/mol. The molecule has 106 valence electrons. The molecule has 2 N–H and O–H groups in total. The van der Waals surface area contributed by atoms with Gasteiger partial charge in [0.05, 0.1) is 11.6 Å². The quantitative estimate of drug-likeness (QED) is 0.829. The smallest absolute Gasteiger partial charge is 0.320 e. The second-order valence-corrected chi connectivity index (χ2v) is 4.27. The third-order valence-corrected chi connectivity index (χ3v) is 2.88. The van der Waals surface area contributed by atoms with E-state index in [2.05, 4.69) is 0 Å². The van der Waals surface area contributed by atoms with Gasteiger partial charge in [-0.05, 0) is 35.4 Å². The molecule has 1 unspecified atom stereocenters. The molecule has 1 nitrogen and oxygen atoms in total. The highest BCUT2D eigenvalue weighted by Crippen LogP contribution is 2.33. The molecule has 0 heterocycles. The summed E-state index contributed by atoms with van der Waals surface area (Å²) >= 11 is 0. The van der Waals surface area contributed by atoms with Crippen molar-refractivity contribution in [3.05, 3.63) is 70.8 Å². The van der Waals surface area contributed by atoms with Crippen LogP contribution in [0.2, 0.25) is 0 Å². The van der Waals surface area contributed by atoms with Crippen molar-refractivity contribution in [1.29, 1.82) is 0 Å². The SMILES string of the molecule is NC(c1ccc(F)cc1)c1ccc(F)c(C(F)(F)F)c1. The predicted octanol–water partition coefficient (Wildman–Crippen LogP) is 4.03. The second-order valence-electron chi connectivity index (χ2n) is 4.27. The van der Waals surface area contributed by atoms with Gasteiger partial charge in [0, 0.05) is 0 Å². The predicted molar refractivity (Wildman–Crippen MR) is 63.8 cm³/mol. The van der Waals surface area contributed by atoms with E-state index in [-0.39, 0.29) is 5.56 Å². The molecule has 0 saturated heterocycles. The van der Waals surface area contributed by atoms with E-state index < -0.39 is 29.4 Å². The topological polar surface area (TPSA) is 26.0 Å². The Balaban J connectivity index is 2.40. The first-order valence-electron chi connectivity index (χ1n) is 5.66. The number of halogens is 5. The van der Waals surface area contributed by atoms with Gasteiger partial charge in [-0.15, -0.1) is 0 Å². The van der Waals surface area contributed by atoms with Gasteiger partial charge in [-0.2, -0.15) is 13.2 Å². The van der Waals surface area contributed by atoms with Crippen molar-refractivity contribution < 1.29 is 22.0 Å². The number of alkyl halides is 3. The Bertz CT molecular complexity index is 604. The minimum absolute atomic E-state index is 0.102. The molecule has 2 rings (SSSR count). The van der Waals surface area contributed by atoms with Crippen LogP contribution < -0.4 is 5.73 Å². The van der Waals surface area contributed by atoms with E-state index in [1.54, 1.807) is 0 Å². The van der Waals surface area contributed by atoms with Crippen molar-refractivity contribution >= 4 is 0 Å². The Morgan fingerprint density at radius 2 is 1.40 bits per heavy atom. The summed E-state index contributed by atoms with van der Waals surface area (Å²) in [6.07, 6.45) is -4.79. The van der Waals surface area contributed by atoms with Gasteiger partial charge in [0.2, 0.25) is 0 Å². The van der Waals surface area contributed by atoms with Crippen LogP contribution in [0.25, 0.3) is 0 Å². The lowest BCUT2D eigenvalue weighted by molar-refractivity contribution is -0.140. The molecule has 0 amide bonds. The molecule has 0 fully saturated rings. The van der Waals surface area contributed by atoms with Crippen molar-refractivity contribution in [3.8, 4) is 0 Å². The molecule has 0 spiro atoms. The lowest BCUT2D eigenvalue weighted by Crippen LogP contribution is -2.15. The maximum Gasteiger partial charge on any atom is 0.419 e. The van der Waals surface area contributed by atoms with E-state index in [9.17, 15) is 22.0 Å². The molecule has 1 atom stereocenters. The Hall–Kier alpha value is -1.95. The summed E-state index contributed by atoms with van der Waals surface area (Å²) in [5, 5.41) is 0. The van der Waals surface area contributed by atoms with Crippen LogP contribution in [0.1, 0.15) is 22.7 Å². The molecule has 2 aromatic rings. The van der Waals surface area contributed by atoms with Crippen LogP contribution in [0.3, 0.4) is 0 Å². The number of hydrogen-bond acceptors (Lipinski definition) is 1. The van der Waals surface area contributed by atoms with Crippen molar-refractivity contribution in [2.45, 2.75) is 12.2 Å². The Kier molecular flexibility index (Phi) is 3.76. The first-order chi connectivity index (χ1) is 9.29. The van der Waals surface area contributed by atoms with E-state index in [0.29, 0.717) is 11.6 Å². The second kappa shape index (κ2) is 5.20. The molecule has 0 aliphatic heterocycles. The molecule has 0 aliphatic carbocycles. The van der Waals surface area contributed by atoms with Gasteiger partial charge in [-0.25, -0.2) is 8.78 Å². The molecule has 0 aliphatic rings. The van der Waals surface area contributed by atoms with Crippen LogP contribution in [0.5, 0.6) is 0 Å². The number of nitrogens with two attached hydrogens (primary N) is 1. The fourth-order valence-corrected chi connectivity index (χ4v) is 1.82. The van der Waals surface area contributed by atoms with E-state index in [1.165, 1.54) is 18.2 Å². The molecular formula is C14H10F5N. The minimum atomic E-state index is -4.79. The molecule has 0 aromatic heterocycles. The molecule has 0 radical (unpaired) electrons. The third-order valence-electron chi connectivity index (χ3n) is 2.88. The Labute approximate surface area is 111 Å². The van der Waals surface area contributed by atoms with Crippen molar-refractivity contribution in [3.63, 3.8) is 0 Å². The van der Waals surface area contributed by atoms with E-state index in [4.69, 9.17) is 5.73 Å². The maximum absolute atomic E-state index is 13.2. The van der Waals surface area contributed by atoms with Crippen LogP contribution in [0.15, 0.2) is 42.5 Å². The highest BCUT2D eigenvalue weighted by molar-refractivity contribution is 5.35. The number of benzene rings is 2. The largest absolute Gasteiger partial charge is 0.419 e. The van der Waals surface area contributed by atoms with Gasteiger partial charge < -0.3 is 5.73 Å². The summed E-state index contributed by atoms with van der Waals surface area (Å²) < 4.78 is 63.8. The monoisotopic (exact) mass is 287 g/mol. The summed E-state index contributed by atoms with van der Waals surface area (Å²) in [6, 6.07) is 6.74. The summed E-state index contributed by atoms with van der Waals surface area (Å²) in [7, 11) is 0. The van der Waals surface area contributed by atoms with Crippen molar-refractivity contribution in [1.82, 2.24) is 0 Å². The van der Waals surface area contributed by atoms with Crippen molar-refractivity contribution in [2.24, 2.45) is 5.73 Å². The average molecular weight is 287 g/mol. The minimum Gasteiger partial charge on any atom is -0.320 e. The van der Waals surface area contributed by atoms with E-state index in [0.717, 1.165) is 18.2 Å². The fourth-order valence-electron chi connectivity index (χ4n) is 1.82. The van der Waals surface area contributed by atoms with Gasteiger partial charge in [0.25, 0.3) is 0 Å². The third kappa shape index (κ3) is 2.96. The van der Waals surface area contributed by atoms with Crippen LogP contribution in [-0.4, -0.2) is 0 Å². The van der Waals surface area contributed by atoms with Crippen molar-refractivity contribution in [2.75, 3.05) is 0 Å². The summed E-state index contributed by atoms with van der Waals surface area (Å²) in [5.74, 6) is -1.83. The summed E-state index contributed by atoms with van der Waals surface area (Å²) in [4.78, 5) is 0. The number of rotatable bonds is 2. The summed E-state index contributed by atoms with van der Waals surface area (Å²) in [6.45, 7) is 0. The zero-order chi connectivity index (χ0) is 14.9. The first-order valence-corrected chi connectivity index (χ1v) is 5.66. The highest BCUT2D eigenvalue weighted by Gasteiger charge is 2.34. The van der Waals surface area contributed by atoms with E-state index in [1.807, 2.05) is 0 Å². The first kappa shape index (κ1) is 14.5. The van der Waals surface area contributed by atoms with Crippen LogP contribution in [-0.2, 0) is 6.18 Å². The zero-order valence-electron chi connectivity index (χ0n) is 10.1. The molecule has 0 saturated carbocycles. The standard InChI is InChI=1S/C14H10F5N/c15-10-4-1-8(2-5-10)13(20)9-3-6-12(16)11(7-9)14(17,18)19/h1-7,13H,20H2. The van der Waals surface area contributed by atoms with Crippen LogP contribution in [0, 0.1) is 11.6 Å². The average Bonchev–Trinajstić information content (AvgIpc) is 2.38. The van der Waals surface area contributed by atoms with Gasteiger partial charge in [-0.1, -0.05) is 18.2 Å². The fraction of sp³-hybridized carbons (Fsp3) is 0.143. The molecule has 6 heteroatoms. The number of hydrogen-bond donors (Lipinski definition) is 1. The Morgan fingerprint density at radius 3 is 1.95 bits per heavy atom. The molecule has 0 bridgehead atoms. The lowest BCUT2D eigenvalue weighted by atomic mass is 9.97. The van der Waals surface area contributed by atoms with Crippen LogP contribution >= 0.6 is 0 Å². The van der Waals surface area contributed by atoms with Crippen LogP contribution in [0.4, 0.5) is 22.0 Å². The zero-order valence-corrected chi connectivity index (χ0v) is 10.1. The van der Waals surface area contributed by atoms with Gasteiger partial charge in [0.1, 0.15) is 11.6 Å². The lowest BCUT2D eigenvalue weighted by Gasteiger charge is -2.15. The summed E-state index contributed by atoms with van der Waals surface area (Å²) in [5.41, 5.74) is 4.99. The van der Waals surface area contributed by atoms with Gasteiger partial charge in [0.15, 0.2) is 0 Å². The van der Waals surface area contributed by atoms with E-state index >= 15 is 0 Å². The normalized spacial score (nSPS) is 13.3. The molecule has 20 heavy (non-hydrogen) atoms. The maximum atomic E-state index is 13.2. The van der Waals surface area contributed by atoms with Gasteiger partial charge in [-0.3, -0.25) is 0 Å².